The number of rotatable bonds is 4. The molecular formula is C14H14ClN7O2. The Hall–Kier alpha value is -2.78. The van der Waals surface area contributed by atoms with Crippen molar-refractivity contribution in [3.05, 3.63) is 41.8 Å². The number of nitrogens with zero attached hydrogens (tertiary/aromatic N) is 5. The average molecular weight is 348 g/mol. The number of aromatic nitrogens is 5. The van der Waals surface area contributed by atoms with E-state index in [1.165, 1.54) is 29.4 Å². The molecule has 3 rings (SSSR count). The number of hydrogen-bond donors (Lipinski definition) is 2. The Balaban J connectivity index is 1.92. The summed E-state index contributed by atoms with van der Waals surface area (Å²) >= 11 is 5.94. The van der Waals surface area contributed by atoms with E-state index in [4.69, 9.17) is 16.3 Å². The number of anilines is 2. The van der Waals surface area contributed by atoms with Crippen molar-refractivity contribution >= 4 is 34.7 Å². The second kappa shape index (κ2) is 6.77. The van der Waals surface area contributed by atoms with Gasteiger partial charge in [-0.15, -0.1) is 0 Å². The van der Waals surface area contributed by atoms with E-state index in [2.05, 4.69) is 30.7 Å². The van der Waals surface area contributed by atoms with Gasteiger partial charge in [0, 0.05) is 13.2 Å². The van der Waals surface area contributed by atoms with Gasteiger partial charge in [-0.3, -0.25) is 0 Å². The first-order chi connectivity index (χ1) is 11.6. The molecule has 2 amide bonds. The molecule has 0 unspecified atom stereocenters. The Morgan fingerprint density at radius 3 is 2.75 bits per heavy atom. The van der Waals surface area contributed by atoms with E-state index in [-0.39, 0.29) is 6.10 Å². The third kappa shape index (κ3) is 3.26. The average Bonchev–Trinajstić information content (AvgIpc) is 2.95. The molecule has 0 fully saturated rings. The van der Waals surface area contributed by atoms with Crippen molar-refractivity contribution in [2.24, 2.45) is 0 Å². The van der Waals surface area contributed by atoms with E-state index in [0.717, 1.165) is 0 Å². The molecule has 0 radical (unpaired) electrons. The van der Waals surface area contributed by atoms with Crippen LogP contribution in [0.5, 0.6) is 0 Å². The molecule has 10 heteroatoms. The van der Waals surface area contributed by atoms with Gasteiger partial charge in [0.25, 0.3) is 0 Å². The molecule has 0 aromatic carbocycles. The maximum absolute atomic E-state index is 12.2. The third-order valence-corrected chi connectivity index (χ3v) is 3.48. The number of halogens is 1. The summed E-state index contributed by atoms with van der Waals surface area (Å²) in [7, 11) is 1.56. The number of fused-ring (bicyclic) bond motifs is 1. The second-order valence-corrected chi connectivity index (χ2v) is 5.27. The van der Waals surface area contributed by atoms with Crippen LogP contribution in [0.25, 0.3) is 5.65 Å². The molecule has 124 valence electrons. The van der Waals surface area contributed by atoms with Gasteiger partial charge in [0.15, 0.2) is 10.8 Å². The standard InChI is InChI=1S/C14H14ClN7O2/c1-8(24-2)13-10(6-18-12-3-11(15)21-22(12)13)20-14(23)19-9-4-16-7-17-5-9/h3-8H,1-2H3,(H2,19,20,23)/t8-/m0/s1. The maximum Gasteiger partial charge on any atom is 0.323 e. The van der Waals surface area contributed by atoms with E-state index < -0.39 is 6.03 Å². The van der Waals surface area contributed by atoms with Crippen molar-refractivity contribution in [1.82, 2.24) is 24.6 Å². The minimum atomic E-state index is -0.464. The monoisotopic (exact) mass is 347 g/mol. The lowest BCUT2D eigenvalue weighted by Gasteiger charge is -2.17. The number of methoxy groups -OCH3 is 1. The van der Waals surface area contributed by atoms with Crippen molar-refractivity contribution in [3.8, 4) is 0 Å². The summed E-state index contributed by atoms with van der Waals surface area (Å²) in [5.41, 5.74) is 2.09. The van der Waals surface area contributed by atoms with Crippen LogP contribution in [0, 0.1) is 0 Å². The maximum atomic E-state index is 12.2. The number of urea groups is 1. The van der Waals surface area contributed by atoms with Crippen molar-refractivity contribution in [2.75, 3.05) is 17.7 Å². The molecule has 0 saturated heterocycles. The van der Waals surface area contributed by atoms with Crippen molar-refractivity contribution in [1.29, 1.82) is 0 Å². The van der Waals surface area contributed by atoms with E-state index >= 15 is 0 Å². The van der Waals surface area contributed by atoms with Gasteiger partial charge in [0.05, 0.1) is 41.8 Å². The summed E-state index contributed by atoms with van der Waals surface area (Å²) < 4.78 is 6.91. The molecule has 3 heterocycles. The molecular weight excluding hydrogens is 334 g/mol. The first kappa shape index (κ1) is 16.1. The number of amides is 2. The zero-order chi connectivity index (χ0) is 17.1. The Labute approximate surface area is 142 Å². The number of nitrogens with one attached hydrogen (secondary N) is 2. The number of hydrogen-bond acceptors (Lipinski definition) is 6. The normalized spacial score (nSPS) is 12.1. The van der Waals surface area contributed by atoms with Crippen LogP contribution in [0.15, 0.2) is 31.0 Å². The summed E-state index contributed by atoms with van der Waals surface area (Å²) in [6.07, 6.45) is 5.53. The Morgan fingerprint density at radius 1 is 1.29 bits per heavy atom. The van der Waals surface area contributed by atoms with Crippen LogP contribution in [-0.2, 0) is 4.74 Å². The zero-order valence-corrected chi connectivity index (χ0v) is 13.7. The smallest absolute Gasteiger partial charge is 0.323 e. The Bertz CT molecular complexity index is 868. The summed E-state index contributed by atoms with van der Waals surface area (Å²) in [4.78, 5) is 24.1. The lowest BCUT2D eigenvalue weighted by molar-refractivity contribution is 0.114. The summed E-state index contributed by atoms with van der Waals surface area (Å²) in [5, 5.41) is 9.84. The van der Waals surface area contributed by atoms with Crippen LogP contribution >= 0.6 is 11.6 Å². The molecule has 0 saturated carbocycles. The van der Waals surface area contributed by atoms with Crippen LogP contribution < -0.4 is 10.6 Å². The van der Waals surface area contributed by atoms with Gasteiger partial charge in [-0.2, -0.15) is 5.10 Å². The minimum absolute atomic E-state index is 0.301. The SMILES string of the molecule is CO[C@@H](C)c1c(NC(=O)Nc2cncnc2)cnc2cc(Cl)nn12. The predicted octanol–water partition coefficient (Wildman–Crippen LogP) is 2.52. The highest BCUT2D eigenvalue weighted by Gasteiger charge is 2.19. The molecule has 9 nitrogen and oxygen atoms in total. The van der Waals surface area contributed by atoms with Crippen molar-refractivity contribution in [2.45, 2.75) is 13.0 Å². The molecule has 0 bridgehead atoms. The molecule has 24 heavy (non-hydrogen) atoms. The van der Waals surface area contributed by atoms with Gasteiger partial charge in [-0.05, 0) is 6.92 Å². The van der Waals surface area contributed by atoms with Gasteiger partial charge < -0.3 is 15.4 Å². The summed E-state index contributed by atoms with van der Waals surface area (Å²) in [6.45, 7) is 1.83. The van der Waals surface area contributed by atoms with Gasteiger partial charge >= 0.3 is 6.03 Å². The van der Waals surface area contributed by atoms with Crippen LogP contribution in [-0.4, -0.2) is 37.7 Å². The quantitative estimate of drug-likeness (QED) is 0.751. The van der Waals surface area contributed by atoms with Gasteiger partial charge in [0.2, 0.25) is 0 Å². The number of carbonyl (C=O) groups is 1. The molecule has 0 spiro atoms. The fourth-order valence-corrected chi connectivity index (χ4v) is 2.34. The summed E-state index contributed by atoms with van der Waals surface area (Å²) in [5.74, 6) is 0. The second-order valence-electron chi connectivity index (χ2n) is 4.88. The molecule has 0 aliphatic heterocycles. The third-order valence-electron chi connectivity index (χ3n) is 3.30. The fraction of sp³-hybridized carbons (Fsp3) is 0.214. The first-order valence-electron chi connectivity index (χ1n) is 6.98. The summed E-state index contributed by atoms with van der Waals surface area (Å²) in [6, 6.07) is 1.16. The lowest BCUT2D eigenvalue weighted by atomic mass is 10.2. The van der Waals surface area contributed by atoms with Gasteiger partial charge in [-0.25, -0.2) is 24.3 Å². The minimum Gasteiger partial charge on any atom is -0.375 e. The van der Waals surface area contributed by atoms with Gasteiger partial charge in [-0.1, -0.05) is 11.6 Å². The molecule has 2 N–H and O–H groups in total. The molecule has 0 aliphatic rings. The van der Waals surface area contributed by atoms with E-state index in [9.17, 15) is 4.79 Å². The fourth-order valence-electron chi connectivity index (χ4n) is 2.17. The zero-order valence-electron chi connectivity index (χ0n) is 12.9. The Kier molecular flexibility index (Phi) is 4.54. The van der Waals surface area contributed by atoms with Crippen LogP contribution in [0.1, 0.15) is 18.7 Å². The number of ether oxygens (including phenoxy) is 1. The predicted molar refractivity (Wildman–Crippen MR) is 88.1 cm³/mol. The van der Waals surface area contributed by atoms with Crippen molar-refractivity contribution < 1.29 is 9.53 Å². The van der Waals surface area contributed by atoms with E-state index in [1.807, 2.05) is 6.92 Å². The lowest BCUT2D eigenvalue weighted by Crippen LogP contribution is -2.22. The van der Waals surface area contributed by atoms with Crippen molar-refractivity contribution in [3.63, 3.8) is 0 Å². The molecule has 3 aromatic heterocycles. The van der Waals surface area contributed by atoms with Crippen LogP contribution in [0.3, 0.4) is 0 Å². The first-order valence-corrected chi connectivity index (χ1v) is 7.36. The van der Waals surface area contributed by atoms with Crippen LogP contribution in [0.4, 0.5) is 16.2 Å². The van der Waals surface area contributed by atoms with Crippen LogP contribution in [0.2, 0.25) is 5.15 Å². The van der Waals surface area contributed by atoms with Gasteiger partial charge in [0.1, 0.15) is 6.33 Å². The van der Waals surface area contributed by atoms with E-state index in [1.54, 1.807) is 13.2 Å². The Morgan fingerprint density at radius 2 is 2.04 bits per heavy atom. The van der Waals surface area contributed by atoms with E-state index in [0.29, 0.717) is 27.9 Å². The highest BCUT2D eigenvalue weighted by atomic mass is 35.5. The topological polar surface area (TPSA) is 106 Å². The molecule has 0 aliphatic carbocycles. The molecule has 3 aromatic rings. The molecule has 1 atom stereocenters. The number of carbonyl (C=O) groups excluding carboxylic acids is 1. The highest BCUT2D eigenvalue weighted by molar-refractivity contribution is 6.29. The largest absolute Gasteiger partial charge is 0.375 e. The highest BCUT2D eigenvalue weighted by Crippen LogP contribution is 2.26.